The lowest BCUT2D eigenvalue weighted by Crippen LogP contribution is -2.46. The average molecular weight is 538 g/mol. The molecule has 0 saturated carbocycles. The predicted molar refractivity (Wildman–Crippen MR) is 140 cm³/mol. The summed E-state index contributed by atoms with van der Waals surface area (Å²) in [6, 6.07) is 0. The van der Waals surface area contributed by atoms with Crippen molar-refractivity contribution < 1.29 is 33.7 Å². The molecule has 0 bridgehead atoms. The molecule has 37 heavy (non-hydrogen) atoms. The molecule has 2 aliphatic heterocycles. The number of cyclic esters (lactones) is 1. The largest absolute Gasteiger partial charge is 0.455 e. The molecule has 7 nitrogen and oxygen atoms in total. The Morgan fingerprint density at radius 2 is 2.03 bits per heavy atom. The van der Waals surface area contributed by atoms with Crippen LogP contribution in [-0.4, -0.2) is 57.0 Å². The van der Waals surface area contributed by atoms with Crippen LogP contribution in [0.4, 0.5) is 4.39 Å². The number of Topliss-reactive ketones (excluding diaryl/α,β-unsaturated/α-hetero) is 1. The second-order valence-corrected chi connectivity index (χ2v) is 12.3. The molecule has 1 aromatic heterocycles. The minimum atomic E-state index is -1.38. The van der Waals surface area contributed by atoms with Gasteiger partial charge in [0.15, 0.2) is 6.10 Å². The summed E-state index contributed by atoms with van der Waals surface area (Å²) < 4.78 is 26.8. The number of ketones is 1. The number of nitrogens with zero attached hydrogens (tertiary/aromatic N) is 1. The maximum atomic E-state index is 15.3. The Hall–Kier alpha value is -1.94. The molecule has 9 heteroatoms. The summed E-state index contributed by atoms with van der Waals surface area (Å²) in [7, 11) is 0. The number of thiazole rings is 1. The van der Waals surface area contributed by atoms with Crippen LogP contribution in [0.1, 0.15) is 76.9 Å². The second kappa shape index (κ2) is 11.8. The molecule has 2 aliphatic rings. The first-order valence-electron chi connectivity index (χ1n) is 13.0. The summed E-state index contributed by atoms with van der Waals surface area (Å²) in [6.07, 6.45) is 1.04. The Bertz CT molecular complexity index is 1020. The van der Waals surface area contributed by atoms with E-state index in [1.807, 2.05) is 20.8 Å². The van der Waals surface area contributed by atoms with Crippen molar-refractivity contribution in [3.63, 3.8) is 0 Å². The third kappa shape index (κ3) is 7.13. The van der Waals surface area contributed by atoms with E-state index in [9.17, 15) is 19.8 Å². The topological polar surface area (TPSA) is 109 Å². The third-order valence-electron chi connectivity index (χ3n) is 7.88. The summed E-state index contributed by atoms with van der Waals surface area (Å²) in [6.45, 7) is 12.5. The van der Waals surface area contributed by atoms with Crippen LogP contribution < -0.4 is 0 Å². The standard InChI is InChI=1S/C28H40FNO6S/c1-7-9-19-25(33)16(2)10-8-11-28(6)23(36-28)13-21(20(29)12-18-15-37-17(3)30-18)35-24(32)14-22(31)27(4,5)26(19)34/h7,12,15-16,19,21-23,25,31,33H,1,8-11,13-14H2,2-6H3/b20-12-. The lowest BCUT2D eigenvalue weighted by atomic mass is 9.71. The number of aliphatic hydroxyl groups is 2. The molecule has 0 amide bonds. The van der Waals surface area contributed by atoms with Gasteiger partial charge < -0.3 is 19.7 Å². The highest BCUT2D eigenvalue weighted by atomic mass is 32.1. The summed E-state index contributed by atoms with van der Waals surface area (Å²) in [5.41, 5.74) is -1.39. The van der Waals surface area contributed by atoms with Gasteiger partial charge in [-0.2, -0.15) is 0 Å². The minimum Gasteiger partial charge on any atom is -0.455 e. The first-order chi connectivity index (χ1) is 17.3. The molecule has 2 fully saturated rings. The van der Waals surface area contributed by atoms with Crippen molar-refractivity contribution in [2.75, 3.05) is 0 Å². The molecule has 0 aliphatic carbocycles. The van der Waals surface area contributed by atoms with Crippen LogP contribution >= 0.6 is 11.3 Å². The minimum absolute atomic E-state index is 0.131. The maximum Gasteiger partial charge on any atom is 0.309 e. The van der Waals surface area contributed by atoms with Gasteiger partial charge >= 0.3 is 5.97 Å². The van der Waals surface area contributed by atoms with E-state index >= 15 is 4.39 Å². The molecular formula is C28H40FNO6S. The van der Waals surface area contributed by atoms with E-state index in [1.54, 1.807) is 25.3 Å². The van der Waals surface area contributed by atoms with Gasteiger partial charge in [-0.25, -0.2) is 9.37 Å². The van der Waals surface area contributed by atoms with Crippen LogP contribution in [0.2, 0.25) is 0 Å². The zero-order chi connectivity index (χ0) is 27.5. The van der Waals surface area contributed by atoms with Gasteiger partial charge in [-0.05, 0) is 45.1 Å². The van der Waals surface area contributed by atoms with E-state index in [0.717, 1.165) is 11.4 Å². The van der Waals surface area contributed by atoms with E-state index in [4.69, 9.17) is 9.47 Å². The second-order valence-electron chi connectivity index (χ2n) is 11.3. The fraction of sp³-hybridized carbons (Fsp3) is 0.679. The maximum absolute atomic E-state index is 15.3. The predicted octanol–water partition coefficient (Wildman–Crippen LogP) is 4.94. The van der Waals surface area contributed by atoms with Gasteiger partial charge in [-0.15, -0.1) is 17.9 Å². The number of halogens is 1. The van der Waals surface area contributed by atoms with Gasteiger partial charge in [0.2, 0.25) is 0 Å². The zero-order valence-corrected chi connectivity index (χ0v) is 23.2. The normalized spacial score (nSPS) is 35.9. The SMILES string of the molecule is C=CCC1C(=O)C(C)(C)C(O)CC(=O)OC(/C(F)=C/c2csc(C)n2)CC2OC2(C)CCCC(C)C1O. The van der Waals surface area contributed by atoms with Gasteiger partial charge in [0, 0.05) is 17.7 Å². The summed E-state index contributed by atoms with van der Waals surface area (Å²) in [4.78, 5) is 30.6. The molecule has 206 valence electrons. The molecule has 2 saturated heterocycles. The zero-order valence-electron chi connectivity index (χ0n) is 22.4. The van der Waals surface area contributed by atoms with Gasteiger partial charge in [0.05, 0.1) is 46.5 Å². The number of carbonyl (C=O) groups excluding carboxylic acids is 2. The fourth-order valence-electron chi connectivity index (χ4n) is 5.09. The van der Waals surface area contributed by atoms with Crippen molar-refractivity contribution in [3.05, 3.63) is 34.6 Å². The smallest absolute Gasteiger partial charge is 0.309 e. The number of fused-ring (bicyclic) bond motifs is 1. The average Bonchev–Trinajstić information content (AvgIpc) is 3.27. The van der Waals surface area contributed by atoms with Gasteiger partial charge in [-0.1, -0.05) is 33.3 Å². The van der Waals surface area contributed by atoms with Gasteiger partial charge in [0.1, 0.15) is 11.6 Å². The highest BCUT2D eigenvalue weighted by molar-refractivity contribution is 7.09. The molecule has 3 heterocycles. The Balaban J connectivity index is 1.88. The molecule has 3 rings (SSSR count). The number of aromatic nitrogens is 1. The summed E-state index contributed by atoms with van der Waals surface area (Å²) >= 11 is 1.39. The van der Waals surface area contributed by atoms with Crippen molar-refractivity contribution in [1.29, 1.82) is 0 Å². The first-order valence-corrected chi connectivity index (χ1v) is 13.8. The van der Waals surface area contributed by atoms with Crippen molar-refractivity contribution in [1.82, 2.24) is 4.98 Å². The number of aryl methyl sites for hydroxylation is 1. The number of allylic oxidation sites excluding steroid dienone is 1. The Morgan fingerprint density at radius 1 is 1.32 bits per heavy atom. The van der Waals surface area contributed by atoms with E-state index in [2.05, 4.69) is 11.6 Å². The number of hydrogen-bond donors (Lipinski definition) is 2. The van der Waals surface area contributed by atoms with Crippen LogP contribution in [-0.2, 0) is 19.1 Å². The van der Waals surface area contributed by atoms with Crippen LogP contribution in [0.15, 0.2) is 23.9 Å². The molecule has 0 aromatic carbocycles. The monoisotopic (exact) mass is 537 g/mol. The van der Waals surface area contributed by atoms with Crippen LogP contribution in [0.25, 0.3) is 6.08 Å². The first kappa shape index (κ1) is 29.6. The molecule has 0 radical (unpaired) electrons. The number of aliphatic hydroxyl groups excluding tert-OH is 2. The van der Waals surface area contributed by atoms with Crippen molar-refractivity contribution >= 4 is 29.2 Å². The number of ether oxygens (including phenoxy) is 2. The lowest BCUT2D eigenvalue weighted by molar-refractivity contribution is -0.155. The molecule has 7 unspecified atom stereocenters. The van der Waals surface area contributed by atoms with E-state index < -0.39 is 53.5 Å². The molecule has 7 atom stereocenters. The van der Waals surface area contributed by atoms with Crippen LogP contribution in [0.3, 0.4) is 0 Å². The van der Waals surface area contributed by atoms with Crippen LogP contribution in [0, 0.1) is 24.2 Å². The van der Waals surface area contributed by atoms with Crippen molar-refractivity contribution in [2.24, 2.45) is 17.3 Å². The number of epoxide rings is 1. The van der Waals surface area contributed by atoms with Crippen molar-refractivity contribution in [3.8, 4) is 0 Å². The summed E-state index contributed by atoms with van der Waals surface area (Å²) in [5, 5.41) is 24.5. The summed E-state index contributed by atoms with van der Waals surface area (Å²) in [5.74, 6) is -2.75. The van der Waals surface area contributed by atoms with E-state index in [0.29, 0.717) is 18.5 Å². The van der Waals surface area contributed by atoms with E-state index in [1.165, 1.54) is 17.4 Å². The quantitative estimate of drug-likeness (QED) is 0.318. The van der Waals surface area contributed by atoms with Gasteiger partial charge in [-0.3, -0.25) is 9.59 Å². The van der Waals surface area contributed by atoms with Gasteiger partial charge in [0.25, 0.3) is 0 Å². The molecule has 0 spiro atoms. The fourth-order valence-corrected chi connectivity index (χ4v) is 5.66. The number of hydrogen-bond acceptors (Lipinski definition) is 8. The Kier molecular flexibility index (Phi) is 9.48. The molecular weight excluding hydrogens is 497 g/mol. The Labute approximate surface area is 222 Å². The lowest BCUT2D eigenvalue weighted by Gasteiger charge is -2.35. The number of rotatable bonds is 4. The number of esters is 1. The number of carbonyl (C=O) groups is 2. The van der Waals surface area contributed by atoms with E-state index in [-0.39, 0.29) is 30.6 Å². The highest BCUT2D eigenvalue weighted by Gasteiger charge is 2.53. The Morgan fingerprint density at radius 3 is 2.65 bits per heavy atom. The highest BCUT2D eigenvalue weighted by Crippen LogP contribution is 2.45. The van der Waals surface area contributed by atoms with Crippen LogP contribution in [0.5, 0.6) is 0 Å². The molecule has 1 aromatic rings. The third-order valence-corrected chi connectivity index (χ3v) is 8.67. The van der Waals surface area contributed by atoms with Crippen molar-refractivity contribution in [2.45, 2.75) is 103 Å². The molecule has 2 N–H and O–H groups in total.